The minimum absolute atomic E-state index is 0.237. The van der Waals surface area contributed by atoms with Gasteiger partial charge < -0.3 is 0 Å². The van der Waals surface area contributed by atoms with Gasteiger partial charge in [0, 0.05) is 5.02 Å². The van der Waals surface area contributed by atoms with Crippen LogP contribution in [0.1, 0.15) is 57.1 Å². The Morgan fingerprint density at radius 1 is 1.24 bits per heavy atom. The SMILES string of the molecule is CC12CC3CC(C1)CC(C(NN)c1cccc(Cl)c1)(C3)C2. The second-order valence-corrected chi connectivity index (χ2v) is 8.73. The minimum atomic E-state index is 0.237. The number of nitrogens with one attached hydrogen (secondary N) is 1. The average molecular weight is 305 g/mol. The highest BCUT2D eigenvalue weighted by molar-refractivity contribution is 6.30. The molecule has 0 amide bonds. The second kappa shape index (κ2) is 4.71. The van der Waals surface area contributed by atoms with E-state index in [0.29, 0.717) is 10.8 Å². The van der Waals surface area contributed by atoms with E-state index in [9.17, 15) is 0 Å². The molecular weight excluding hydrogens is 280 g/mol. The summed E-state index contributed by atoms with van der Waals surface area (Å²) in [6.07, 6.45) is 8.29. The highest BCUT2D eigenvalue weighted by atomic mass is 35.5. The topological polar surface area (TPSA) is 38.0 Å². The van der Waals surface area contributed by atoms with Crippen molar-refractivity contribution < 1.29 is 0 Å². The maximum absolute atomic E-state index is 6.21. The standard InChI is InChI=1S/C18H25ClN2/c1-17-7-12-5-13(8-17)10-18(9-12,11-17)16(21-20)14-3-2-4-15(19)6-14/h2-4,6,12-13,16,21H,5,7-11,20H2,1H3. The summed E-state index contributed by atoms with van der Waals surface area (Å²) in [6.45, 7) is 2.50. The lowest BCUT2D eigenvalue weighted by molar-refractivity contribution is -0.119. The van der Waals surface area contributed by atoms with Crippen LogP contribution in [0.5, 0.6) is 0 Å². The number of rotatable bonds is 3. The Hall–Kier alpha value is -0.570. The summed E-state index contributed by atoms with van der Waals surface area (Å²) in [5.74, 6) is 7.84. The molecule has 21 heavy (non-hydrogen) atoms. The van der Waals surface area contributed by atoms with Crippen molar-refractivity contribution in [2.75, 3.05) is 0 Å². The third-order valence-corrected chi connectivity index (χ3v) is 6.60. The van der Waals surface area contributed by atoms with E-state index in [0.717, 1.165) is 16.9 Å². The number of nitrogens with two attached hydrogens (primary N) is 1. The molecule has 3 N–H and O–H groups in total. The fourth-order valence-electron chi connectivity index (χ4n) is 6.45. The minimum Gasteiger partial charge on any atom is -0.271 e. The second-order valence-electron chi connectivity index (χ2n) is 8.29. The smallest absolute Gasteiger partial charge is 0.0517 e. The Morgan fingerprint density at radius 3 is 2.52 bits per heavy atom. The Bertz CT molecular complexity index is 542. The van der Waals surface area contributed by atoms with Crippen LogP contribution in [0.15, 0.2) is 24.3 Å². The molecule has 114 valence electrons. The first-order valence-electron chi connectivity index (χ1n) is 8.24. The van der Waals surface area contributed by atoms with Crippen molar-refractivity contribution in [3.63, 3.8) is 0 Å². The normalized spacial score (nSPS) is 42.2. The third-order valence-electron chi connectivity index (χ3n) is 6.36. The van der Waals surface area contributed by atoms with Gasteiger partial charge in [-0.1, -0.05) is 30.7 Å². The van der Waals surface area contributed by atoms with Crippen LogP contribution in [0.25, 0.3) is 0 Å². The largest absolute Gasteiger partial charge is 0.271 e. The van der Waals surface area contributed by atoms with Crippen LogP contribution in [0.4, 0.5) is 0 Å². The molecule has 2 nitrogen and oxygen atoms in total. The molecule has 1 aromatic rings. The highest BCUT2D eigenvalue weighted by Crippen LogP contribution is 2.68. The van der Waals surface area contributed by atoms with Crippen molar-refractivity contribution in [1.82, 2.24) is 5.43 Å². The van der Waals surface area contributed by atoms with Gasteiger partial charge in [-0.05, 0) is 78.9 Å². The molecule has 4 bridgehead atoms. The molecule has 4 aliphatic rings. The third kappa shape index (κ3) is 2.23. The van der Waals surface area contributed by atoms with E-state index >= 15 is 0 Å². The van der Waals surface area contributed by atoms with E-state index in [2.05, 4.69) is 24.5 Å². The Morgan fingerprint density at radius 2 is 1.95 bits per heavy atom. The highest BCUT2D eigenvalue weighted by Gasteiger charge is 2.58. The number of benzene rings is 1. The predicted molar refractivity (Wildman–Crippen MR) is 86.7 cm³/mol. The molecule has 3 unspecified atom stereocenters. The summed E-state index contributed by atoms with van der Waals surface area (Å²) in [7, 11) is 0. The van der Waals surface area contributed by atoms with Crippen molar-refractivity contribution >= 4 is 11.6 Å². The quantitative estimate of drug-likeness (QED) is 0.639. The van der Waals surface area contributed by atoms with E-state index in [4.69, 9.17) is 17.4 Å². The fraction of sp³-hybridized carbons (Fsp3) is 0.667. The van der Waals surface area contributed by atoms with Crippen LogP contribution in [-0.2, 0) is 0 Å². The summed E-state index contributed by atoms with van der Waals surface area (Å²) in [5.41, 5.74) is 5.29. The molecule has 1 aromatic carbocycles. The van der Waals surface area contributed by atoms with Crippen molar-refractivity contribution in [1.29, 1.82) is 0 Å². The van der Waals surface area contributed by atoms with Crippen LogP contribution in [0, 0.1) is 22.7 Å². The lowest BCUT2D eigenvalue weighted by Crippen LogP contribution is -2.56. The summed E-state index contributed by atoms with van der Waals surface area (Å²) in [5, 5.41) is 0.809. The van der Waals surface area contributed by atoms with Gasteiger partial charge in [0.25, 0.3) is 0 Å². The van der Waals surface area contributed by atoms with E-state index < -0.39 is 0 Å². The van der Waals surface area contributed by atoms with Crippen molar-refractivity contribution in [2.45, 2.75) is 51.5 Å². The predicted octanol–water partition coefficient (Wildman–Crippen LogP) is 4.45. The molecular formula is C18H25ClN2. The van der Waals surface area contributed by atoms with Crippen LogP contribution >= 0.6 is 11.6 Å². The molecule has 0 saturated heterocycles. The van der Waals surface area contributed by atoms with Crippen LogP contribution < -0.4 is 11.3 Å². The zero-order chi connectivity index (χ0) is 14.7. The number of hydrogen-bond donors (Lipinski definition) is 2. The van der Waals surface area contributed by atoms with Crippen molar-refractivity contribution in [3.05, 3.63) is 34.9 Å². The molecule has 3 atom stereocenters. The van der Waals surface area contributed by atoms with Gasteiger partial charge in [-0.25, -0.2) is 0 Å². The Kier molecular flexibility index (Phi) is 3.15. The van der Waals surface area contributed by atoms with Crippen molar-refractivity contribution in [2.24, 2.45) is 28.5 Å². The molecule has 0 aromatic heterocycles. The van der Waals surface area contributed by atoms with Crippen LogP contribution in [-0.4, -0.2) is 0 Å². The number of halogens is 1. The molecule has 0 heterocycles. The van der Waals surface area contributed by atoms with E-state index in [-0.39, 0.29) is 6.04 Å². The Balaban J connectivity index is 1.73. The molecule has 0 radical (unpaired) electrons. The lowest BCUT2D eigenvalue weighted by Gasteiger charge is -2.63. The van der Waals surface area contributed by atoms with Gasteiger partial charge in [0.2, 0.25) is 0 Å². The van der Waals surface area contributed by atoms with Crippen molar-refractivity contribution in [3.8, 4) is 0 Å². The molecule has 4 fully saturated rings. The Labute approximate surface area is 132 Å². The summed E-state index contributed by atoms with van der Waals surface area (Å²) < 4.78 is 0. The molecule has 0 spiro atoms. The summed E-state index contributed by atoms with van der Waals surface area (Å²) >= 11 is 6.21. The first kappa shape index (κ1) is 14.0. The van der Waals surface area contributed by atoms with Gasteiger partial charge in [0.15, 0.2) is 0 Å². The lowest BCUT2D eigenvalue weighted by atomic mass is 9.43. The maximum Gasteiger partial charge on any atom is 0.0517 e. The van der Waals surface area contributed by atoms with E-state index in [1.807, 2.05) is 12.1 Å². The molecule has 4 aliphatic carbocycles. The van der Waals surface area contributed by atoms with Crippen LogP contribution in [0.2, 0.25) is 5.02 Å². The van der Waals surface area contributed by atoms with E-state index in [1.54, 1.807) is 0 Å². The molecule has 3 heteroatoms. The number of hydrogen-bond acceptors (Lipinski definition) is 2. The first-order chi connectivity index (χ1) is 10.0. The first-order valence-corrected chi connectivity index (χ1v) is 8.61. The summed E-state index contributed by atoms with van der Waals surface area (Å²) in [6, 6.07) is 8.50. The van der Waals surface area contributed by atoms with Crippen LogP contribution in [0.3, 0.4) is 0 Å². The molecule has 5 rings (SSSR count). The van der Waals surface area contributed by atoms with E-state index in [1.165, 1.54) is 44.1 Å². The average Bonchev–Trinajstić information content (AvgIpc) is 2.36. The van der Waals surface area contributed by atoms with Gasteiger partial charge in [-0.15, -0.1) is 0 Å². The van der Waals surface area contributed by atoms with Gasteiger partial charge in [0.1, 0.15) is 0 Å². The van der Waals surface area contributed by atoms with Gasteiger partial charge in [-0.2, -0.15) is 0 Å². The molecule has 4 saturated carbocycles. The van der Waals surface area contributed by atoms with Gasteiger partial charge >= 0.3 is 0 Å². The monoisotopic (exact) mass is 304 g/mol. The van der Waals surface area contributed by atoms with Gasteiger partial charge in [0.05, 0.1) is 6.04 Å². The zero-order valence-electron chi connectivity index (χ0n) is 12.7. The van der Waals surface area contributed by atoms with Gasteiger partial charge in [-0.3, -0.25) is 11.3 Å². The number of hydrazine groups is 1. The fourth-order valence-corrected chi connectivity index (χ4v) is 6.65. The summed E-state index contributed by atoms with van der Waals surface area (Å²) in [4.78, 5) is 0. The molecule has 0 aliphatic heterocycles. The zero-order valence-corrected chi connectivity index (χ0v) is 13.5. The maximum atomic E-state index is 6.21.